The van der Waals surface area contributed by atoms with Crippen LogP contribution in [0.25, 0.3) is 5.76 Å². The van der Waals surface area contributed by atoms with Gasteiger partial charge >= 0.3 is 7.60 Å². The second-order valence-electron chi connectivity index (χ2n) is 4.99. The standard InChI is InChI=1S/C18H21O4P/c1-5-21-23(19,18-12-6-14(2)7-13-18)22-15(3)16-8-10-17(20-4)11-9-16/h6-13H,3,5H2,1-2,4H3. The molecular weight excluding hydrogens is 311 g/mol. The maximum Gasteiger partial charge on any atom is 0.410 e. The first kappa shape index (κ1) is 17.3. The molecule has 0 aliphatic heterocycles. The molecule has 0 aromatic heterocycles. The van der Waals surface area contributed by atoms with Crippen molar-refractivity contribution in [3.05, 3.63) is 66.2 Å². The third-order valence-electron chi connectivity index (χ3n) is 3.29. The topological polar surface area (TPSA) is 44.8 Å². The molecule has 0 bridgehead atoms. The maximum absolute atomic E-state index is 13.1. The SMILES string of the molecule is C=C(OP(=O)(OCC)c1ccc(C)cc1)c1ccc(OC)cc1. The first-order valence-electron chi connectivity index (χ1n) is 7.33. The molecule has 0 N–H and O–H groups in total. The van der Waals surface area contributed by atoms with Crippen LogP contribution in [0.15, 0.2) is 55.1 Å². The molecule has 2 aromatic carbocycles. The van der Waals surface area contributed by atoms with E-state index < -0.39 is 7.60 Å². The molecule has 0 fully saturated rings. The van der Waals surface area contributed by atoms with Crippen LogP contribution in [-0.2, 0) is 13.6 Å². The minimum absolute atomic E-state index is 0.279. The van der Waals surface area contributed by atoms with Crippen molar-refractivity contribution >= 4 is 18.7 Å². The van der Waals surface area contributed by atoms with Gasteiger partial charge in [-0.05, 0) is 50.2 Å². The quantitative estimate of drug-likeness (QED) is 0.551. The van der Waals surface area contributed by atoms with E-state index in [-0.39, 0.29) is 6.61 Å². The second kappa shape index (κ2) is 7.49. The molecule has 0 heterocycles. The monoisotopic (exact) mass is 332 g/mol. The summed E-state index contributed by atoms with van der Waals surface area (Å²) in [4.78, 5) is 0. The summed E-state index contributed by atoms with van der Waals surface area (Å²) in [5.74, 6) is 1.03. The molecule has 23 heavy (non-hydrogen) atoms. The van der Waals surface area contributed by atoms with Gasteiger partial charge in [-0.15, -0.1) is 0 Å². The Morgan fingerprint density at radius 1 is 1.09 bits per heavy atom. The van der Waals surface area contributed by atoms with Gasteiger partial charge in [0.05, 0.1) is 19.0 Å². The van der Waals surface area contributed by atoms with E-state index in [0.29, 0.717) is 11.1 Å². The van der Waals surface area contributed by atoms with Crippen molar-refractivity contribution in [3.63, 3.8) is 0 Å². The van der Waals surface area contributed by atoms with Crippen LogP contribution >= 0.6 is 7.60 Å². The van der Waals surface area contributed by atoms with Gasteiger partial charge in [-0.25, -0.2) is 4.57 Å². The zero-order valence-electron chi connectivity index (χ0n) is 13.6. The Morgan fingerprint density at radius 3 is 2.22 bits per heavy atom. The summed E-state index contributed by atoms with van der Waals surface area (Å²) in [7, 11) is -1.86. The van der Waals surface area contributed by atoms with Crippen LogP contribution in [0.4, 0.5) is 0 Å². The fourth-order valence-corrected chi connectivity index (χ4v) is 3.58. The highest BCUT2D eigenvalue weighted by Gasteiger charge is 2.29. The van der Waals surface area contributed by atoms with E-state index in [4.69, 9.17) is 13.8 Å². The summed E-state index contributed by atoms with van der Waals surface area (Å²) in [5, 5.41) is 0.514. The Bertz CT molecular complexity index is 705. The Labute approximate surface area is 137 Å². The third-order valence-corrected chi connectivity index (χ3v) is 5.28. The molecule has 1 atom stereocenters. The van der Waals surface area contributed by atoms with Crippen LogP contribution in [-0.4, -0.2) is 13.7 Å². The zero-order valence-corrected chi connectivity index (χ0v) is 14.5. The molecule has 0 aliphatic carbocycles. The second-order valence-corrected chi connectivity index (χ2v) is 6.95. The molecule has 1 unspecified atom stereocenters. The number of aryl methyl sites for hydroxylation is 1. The number of hydrogen-bond acceptors (Lipinski definition) is 4. The summed E-state index contributed by atoms with van der Waals surface area (Å²) in [6.45, 7) is 7.90. The lowest BCUT2D eigenvalue weighted by atomic mass is 10.2. The predicted molar refractivity (Wildman–Crippen MR) is 93.2 cm³/mol. The van der Waals surface area contributed by atoms with Crippen molar-refractivity contribution in [1.82, 2.24) is 0 Å². The van der Waals surface area contributed by atoms with E-state index in [9.17, 15) is 4.57 Å². The van der Waals surface area contributed by atoms with Gasteiger partial charge in [-0.3, -0.25) is 4.52 Å². The Balaban J connectivity index is 2.25. The summed E-state index contributed by atoms with van der Waals surface area (Å²) in [6, 6.07) is 14.4. The van der Waals surface area contributed by atoms with E-state index in [0.717, 1.165) is 16.9 Å². The van der Waals surface area contributed by atoms with Gasteiger partial charge in [0.15, 0.2) is 0 Å². The van der Waals surface area contributed by atoms with Gasteiger partial charge < -0.3 is 9.26 Å². The number of hydrogen-bond donors (Lipinski definition) is 0. The first-order valence-corrected chi connectivity index (χ1v) is 8.87. The minimum atomic E-state index is -3.46. The maximum atomic E-state index is 13.1. The lowest BCUT2D eigenvalue weighted by molar-refractivity contribution is 0.280. The number of methoxy groups -OCH3 is 1. The van der Waals surface area contributed by atoms with Crippen LogP contribution in [0.1, 0.15) is 18.1 Å². The molecule has 0 spiro atoms. The lowest BCUT2D eigenvalue weighted by Gasteiger charge is -2.20. The molecule has 2 rings (SSSR count). The molecule has 0 saturated heterocycles. The van der Waals surface area contributed by atoms with E-state index in [1.165, 1.54) is 0 Å². The van der Waals surface area contributed by atoms with Gasteiger partial charge in [-0.2, -0.15) is 0 Å². The van der Waals surface area contributed by atoms with E-state index >= 15 is 0 Å². The normalized spacial score (nSPS) is 13.2. The highest BCUT2D eigenvalue weighted by Crippen LogP contribution is 2.50. The van der Waals surface area contributed by atoms with Crippen molar-refractivity contribution in [2.45, 2.75) is 13.8 Å². The zero-order chi connectivity index (χ0) is 16.9. The van der Waals surface area contributed by atoms with Crippen molar-refractivity contribution in [3.8, 4) is 5.75 Å². The van der Waals surface area contributed by atoms with E-state index in [1.54, 1.807) is 50.4 Å². The van der Waals surface area contributed by atoms with Crippen LogP contribution in [0.5, 0.6) is 5.75 Å². The highest BCUT2D eigenvalue weighted by atomic mass is 31.2. The van der Waals surface area contributed by atoms with Gasteiger partial charge in [-0.1, -0.05) is 24.3 Å². The number of benzene rings is 2. The molecule has 5 heteroatoms. The van der Waals surface area contributed by atoms with Crippen molar-refractivity contribution in [1.29, 1.82) is 0 Å². The minimum Gasteiger partial charge on any atom is -0.497 e. The largest absolute Gasteiger partial charge is 0.497 e. The lowest BCUT2D eigenvalue weighted by Crippen LogP contribution is -2.10. The van der Waals surface area contributed by atoms with E-state index in [2.05, 4.69) is 6.58 Å². The molecule has 0 amide bonds. The highest BCUT2D eigenvalue weighted by molar-refractivity contribution is 7.62. The Hall–Kier alpha value is -2.03. The fourth-order valence-electron chi connectivity index (χ4n) is 2.03. The third kappa shape index (κ3) is 4.25. The molecule has 0 aliphatic rings. The molecule has 4 nitrogen and oxygen atoms in total. The Morgan fingerprint density at radius 2 is 1.70 bits per heavy atom. The molecule has 122 valence electrons. The van der Waals surface area contributed by atoms with Crippen LogP contribution < -0.4 is 10.0 Å². The van der Waals surface area contributed by atoms with Gasteiger partial charge in [0, 0.05) is 5.56 Å². The van der Waals surface area contributed by atoms with E-state index in [1.807, 2.05) is 19.1 Å². The average Bonchev–Trinajstić information content (AvgIpc) is 2.55. The predicted octanol–water partition coefficient (Wildman–Crippen LogP) is 4.55. The van der Waals surface area contributed by atoms with Gasteiger partial charge in [0.25, 0.3) is 0 Å². The van der Waals surface area contributed by atoms with Gasteiger partial charge in [0.2, 0.25) is 0 Å². The average molecular weight is 332 g/mol. The first-order chi connectivity index (χ1) is 11.0. The summed E-state index contributed by atoms with van der Waals surface area (Å²) >= 11 is 0. The Kier molecular flexibility index (Phi) is 5.64. The van der Waals surface area contributed by atoms with Crippen LogP contribution in [0.2, 0.25) is 0 Å². The van der Waals surface area contributed by atoms with Crippen molar-refractivity contribution in [2.24, 2.45) is 0 Å². The molecule has 2 aromatic rings. The van der Waals surface area contributed by atoms with Crippen molar-refractivity contribution in [2.75, 3.05) is 13.7 Å². The fraction of sp³-hybridized carbons (Fsp3) is 0.222. The van der Waals surface area contributed by atoms with Crippen molar-refractivity contribution < 1.29 is 18.3 Å². The molecule has 0 saturated carbocycles. The summed E-state index contributed by atoms with van der Waals surface area (Å²) in [5.41, 5.74) is 1.80. The van der Waals surface area contributed by atoms with Gasteiger partial charge in [0.1, 0.15) is 11.5 Å². The summed E-state index contributed by atoms with van der Waals surface area (Å²) < 4.78 is 29.3. The van der Waals surface area contributed by atoms with Crippen LogP contribution in [0.3, 0.4) is 0 Å². The molecular formula is C18H21O4P. The van der Waals surface area contributed by atoms with Crippen LogP contribution in [0, 0.1) is 6.92 Å². The number of rotatable bonds is 7. The molecule has 0 radical (unpaired) electrons. The smallest absolute Gasteiger partial charge is 0.410 e. The number of ether oxygens (including phenoxy) is 1. The summed E-state index contributed by atoms with van der Waals surface area (Å²) in [6.07, 6.45) is 0.